The van der Waals surface area contributed by atoms with Gasteiger partial charge in [0.1, 0.15) is 18.3 Å². The van der Waals surface area contributed by atoms with Crippen LogP contribution in [0.15, 0.2) is 40.0 Å². The molecule has 1 heterocycles. The summed E-state index contributed by atoms with van der Waals surface area (Å²) in [6.45, 7) is 5.55. The lowest BCUT2D eigenvalue weighted by Crippen LogP contribution is -2.49. The third-order valence-corrected chi connectivity index (χ3v) is 4.93. The Morgan fingerprint density at radius 1 is 1.25 bits per heavy atom. The number of hydrogen-bond donors (Lipinski definition) is 0. The standard InChI is InChI=1S/C18H21IO5/c1-11(20)22-16-14(21-10-12-7-5-4-6-8-12)9-13(19)15-17(16)24-18(2,3)23-15/h4-9,14-17H,10H2,1-3H3/t14-,15-,16-,17-/m1/s1. The summed E-state index contributed by atoms with van der Waals surface area (Å²) in [5.41, 5.74) is 1.06. The van der Waals surface area contributed by atoms with E-state index >= 15 is 0 Å². The van der Waals surface area contributed by atoms with Gasteiger partial charge < -0.3 is 18.9 Å². The average Bonchev–Trinajstić information content (AvgIpc) is 2.85. The maximum atomic E-state index is 11.6. The van der Waals surface area contributed by atoms with Crippen LogP contribution >= 0.6 is 22.6 Å². The van der Waals surface area contributed by atoms with Crippen molar-refractivity contribution in [1.82, 2.24) is 0 Å². The lowest BCUT2D eigenvalue weighted by atomic mass is 9.96. The van der Waals surface area contributed by atoms with E-state index in [0.29, 0.717) is 6.61 Å². The van der Waals surface area contributed by atoms with Crippen molar-refractivity contribution in [3.63, 3.8) is 0 Å². The van der Waals surface area contributed by atoms with Gasteiger partial charge in [-0.05, 0) is 48.1 Å². The highest BCUT2D eigenvalue weighted by Gasteiger charge is 2.52. The molecule has 1 aromatic rings. The van der Waals surface area contributed by atoms with Crippen molar-refractivity contribution >= 4 is 28.6 Å². The minimum Gasteiger partial charge on any atom is -0.457 e. The Labute approximate surface area is 155 Å². The molecule has 0 radical (unpaired) electrons. The van der Waals surface area contributed by atoms with Crippen molar-refractivity contribution in [3.8, 4) is 0 Å². The molecular formula is C18H21IO5. The quantitative estimate of drug-likeness (QED) is 0.527. The predicted molar refractivity (Wildman–Crippen MR) is 96.5 cm³/mol. The summed E-state index contributed by atoms with van der Waals surface area (Å²) in [5.74, 6) is -1.07. The van der Waals surface area contributed by atoms with Crippen molar-refractivity contribution in [1.29, 1.82) is 0 Å². The summed E-state index contributed by atoms with van der Waals surface area (Å²) < 4.78 is 24.5. The van der Waals surface area contributed by atoms with E-state index in [0.717, 1.165) is 9.14 Å². The Kier molecular flexibility index (Phi) is 5.29. The highest BCUT2D eigenvalue weighted by atomic mass is 127. The smallest absolute Gasteiger partial charge is 0.303 e. The van der Waals surface area contributed by atoms with Crippen LogP contribution in [0.4, 0.5) is 0 Å². The van der Waals surface area contributed by atoms with E-state index in [1.807, 2.05) is 50.3 Å². The number of rotatable bonds is 4. The maximum absolute atomic E-state index is 11.6. The molecule has 4 atom stereocenters. The van der Waals surface area contributed by atoms with Gasteiger partial charge in [-0.2, -0.15) is 0 Å². The van der Waals surface area contributed by atoms with Crippen molar-refractivity contribution in [2.75, 3.05) is 0 Å². The van der Waals surface area contributed by atoms with E-state index in [-0.39, 0.29) is 24.3 Å². The molecule has 5 nitrogen and oxygen atoms in total. The zero-order chi connectivity index (χ0) is 17.3. The highest BCUT2D eigenvalue weighted by molar-refractivity contribution is 14.1. The van der Waals surface area contributed by atoms with Gasteiger partial charge in [0.25, 0.3) is 0 Å². The van der Waals surface area contributed by atoms with E-state index in [4.69, 9.17) is 18.9 Å². The molecule has 1 aromatic carbocycles. The maximum Gasteiger partial charge on any atom is 0.303 e. The second kappa shape index (κ2) is 7.11. The number of hydrogen-bond acceptors (Lipinski definition) is 5. The average molecular weight is 444 g/mol. The van der Waals surface area contributed by atoms with Gasteiger partial charge in [0.05, 0.1) is 6.61 Å². The first-order valence-corrected chi connectivity index (χ1v) is 8.99. The first-order valence-electron chi connectivity index (χ1n) is 7.91. The van der Waals surface area contributed by atoms with Gasteiger partial charge in [-0.25, -0.2) is 0 Å². The Bertz CT molecular complexity index is 628. The topological polar surface area (TPSA) is 54.0 Å². The molecule has 3 rings (SSSR count). The molecule has 0 aromatic heterocycles. The van der Waals surface area contributed by atoms with E-state index in [2.05, 4.69) is 22.6 Å². The van der Waals surface area contributed by atoms with Gasteiger partial charge in [0.2, 0.25) is 0 Å². The number of halogens is 1. The summed E-state index contributed by atoms with van der Waals surface area (Å²) in [5, 5.41) is 0. The SMILES string of the molecule is CC(=O)O[C@H]1[C@@H]2OC(C)(C)O[C@@H]2C(I)=C[C@H]1OCc1ccccc1. The molecule has 0 saturated carbocycles. The van der Waals surface area contributed by atoms with E-state index in [1.165, 1.54) is 6.92 Å². The lowest BCUT2D eigenvalue weighted by molar-refractivity contribution is -0.181. The van der Waals surface area contributed by atoms with Gasteiger partial charge >= 0.3 is 5.97 Å². The van der Waals surface area contributed by atoms with Crippen LogP contribution in [0.1, 0.15) is 26.3 Å². The Morgan fingerprint density at radius 3 is 2.62 bits per heavy atom. The predicted octanol–water partition coefficient (Wildman–Crippen LogP) is 3.36. The van der Waals surface area contributed by atoms with Gasteiger partial charge in [0, 0.05) is 10.5 Å². The molecule has 0 amide bonds. The van der Waals surface area contributed by atoms with Gasteiger partial charge in [-0.1, -0.05) is 30.3 Å². The Morgan fingerprint density at radius 2 is 1.96 bits per heavy atom. The zero-order valence-electron chi connectivity index (χ0n) is 13.9. The summed E-state index contributed by atoms with van der Waals surface area (Å²) in [6, 6.07) is 9.90. The zero-order valence-corrected chi connectivity index (χ0v) is 16.1. The molecule has 6 heteroatoms. The third kappa shape index (κ3) is 3.99. The Hall–Kier alpha value is -0.960. The molecule has 0 N–H and O–H groups in total. The van der Waals surface area contributed by atoms with Crippen LogP contribution in [-0.2, 0) is 30.3 Å². The second-order valence-corrected chi connectivity index (χ2v) is 7.65. The van der Waals surface area contributed by atoms with Crippen molar-refractivity contribution in [2.45, 2.75) is 57.6 Å². The fourth-order valence-electron chi connectivity index (χ4n) is 3.01. The summed E-state index contributed by atoms with van der Waals surface area (Å²) in [7, 11) is 0. The van der Waals surface area contributed by atoms with Crippen LogP contribution in [0.25, 0.3) is 0 Å². The molecule has 1 aliphatic heterocycles. The molecule has 1 aliphatic carbocycles. The molecule has 0 unspecified atom stereocenters. The van der Waals surface area contributed by atoms with Gasteiger partial charge in [0.15, 0.2) is 11.9 Å². The van der Waals surface area contributed by atoms with E-state index < -0.39 is 11.9 Å². The van der Waals surface area contributed by atoms with Crippen molar-refractivity contribution in [2.24, 2.45) is 0 Å². The van der Waals surface area contributed by atoms with E-state index in [1.54, 1.807) is 0 Å². The third-order valence-electron chi connectivity index (χ3n) is 3.96. The first-order chi connectivity index (χ1) is 11.4. The van der Waals surface area contributed by atoms with Gasteiger partial charge in [-0.3, -0.25) is 4.79 Å². The second-order valence-electron chi connectivity index (χ2n) is 6.41. The normalized spacial score (nSPS) is 31.2. The summed E-state index contributed by atoms with van der Waals surface area (Å²) >= 11 is 2.24. The number of carbonyl (C=O) groups excluding carboxylic acids is 1. The molecule has 130 valence electrons. The fraction of sp³-hybridized carbons (Fsp3) is 0.500. The molecule has 24 heavy (non-hydrogen) atoms. The van der Waals surface area contributed by atoms with E-state index in [9.17, 15) is 4.79 Å². The number of carbonyl (C=O) groups is 1. The van der Waals surface area contributed by atoms with Crippen LogP contribution in [0.5, 0.6) is 0 Å². The van der Waals surface area contributed by atoms with Crippen LogP contribution in [0.2, 0.25) is 0 Å². The van der Waals surface area contributed by atoms with Crippen LogP contribution in [0, 0.1) is 0 Å². The lowest BCUT2D eigenvalue weighted by Gasteiger charge is -2.35. The van der Waals surface area contributed by atoms with Crippen molar-refractivity contribution < 1.29 is 23.7 Å². The molecule has 2 aliphatic rings. The monoisotopic (exact) mass is 444 g/mol. The summed E-state index contributed by atoms with van der Waals surface area (Å²) in [6.07, 6.45) is 0.447. The molecule has 0 bridgehead atoms. The number of benzene rings is 1. The molecular weight excluding hydrogens is 423 g/mol. The fourth-order valence-corrected chi connectivity index (χ4v) is 3.85. The minimum absolute atomic E-state index is 0.235. The number of fused-ring (bicyclic) bond motifs is 1. The minimum atomic E-state index is -0.716. The Balaban J connectivity index is 1.79. The van der Waals surface area contributed by atoms with Crippen LogP contribution in [0.3, 0.4) is 0 Å². The summed E-state index contributed by atoms with van der Waals surface area (Å²) in [4.78, 5) is 11.6. The van der Waals surface area contributed by atoms with Crippen molar-refractivity contribution in [3.05, 3.63) is 45.6 Å². The van der Waals surface area contributed by atoms with Gasteiger partial charge in [-0.15, -0.1) is 0 Å². The number of esters is 1. The molecule has 0 spiro atoms. The van der Waals surface area contributed by atoms with Crippen LogP contribution in [-0.4, -0.2) is 36.2 Å². The molecule has 1 fully saturated rings. The molecule has 1 saturated heterocycles. The first kappa shape index (κ1) is 17.8. The largest absolute Gasteiger partial charge is 0.457 e. The van der Waals surface area contributed by atoms with Crippen LogP contribution < -0.4 is 0 Å². The highest BCUT2D eigenvalue weighted by Crippen LogP contribution is 2.41. The number of ether oxygens (including phenoxy) is 4.